The number of hydrogen-bond acceptors (Lipinski definition) is 1. The summed E-state index contributed by atoms with van der Waals surface area (Å²) in [6, 6.07) is 73.8. The highest BCUT2D eigenvalue weighted by Crippen LogP contribution is 2.64. The standard InChI is InChI=1S/C52H39N/c1-51(2)44-22-11-13-24-46(44)52(47-25-14-12-23-45(47)51)43-21-10-9-20-42(43)50-48(52)26-15-27-49(50)53(40-32-28-38(29-33-40)36-16-5-3-6-17-36)41-34-30-39(31-35-41)37-18-7-4-8-19-37/h3-35H,1-2H3. The van der Waals surface area contributed by atoms with Gasteiger partial charge in [-0.3, -0.25) is 0 Å². The van der Waals surface area contributed by atoms with Gasteiger partial charge in [0.15, 0.2) is 0 Å². The van der Waals surface area contributed by atoms with Crippen LogP contribution < -0.4 is 4.90 Å². The lowest BCUT2D eigenvalue weighted by atomic mass is 9.55. The fourth-order valence-electron chi connectivity index (χ4n) is 9.37. The normalized spacial score (nSPS) is 14.2. The van der Waals surface area contributed by atoms with Gasteiger partial charge in [0.2, 0.25) is 0 Å². The Labute approximate surface area is 312 Å². The van der Waals surface area contributed by atoms with Crippen LogP contribution in [0.5, 0.6) is 0 Å². The second-order valence-corrected chi connectivity index (χ2v) is 14.9. The van der Waals surface area contributed by atoms with Gasteiger partial charge < -0.3 is 4.90 Å². The summed E-state index contributed by atoms with van der Waals surface area (Å²) in [5, 5.41) is 0. The van der Waals surface area contributed by atoms with E-state index < -0.39 is 5.41 Å². The highest BCUT2D eigenvalue weighted by Gasteiger charge is 2.53. The molecule has 0 saturated carbocycles. The van der Waals surface area contributed by atoms with Gasteiger partial charge in [0, 0.05) is 22.4 Å². The van der Waals surface area contributed by atoms with Crippen molar-refractivity contribution in [1.29, 1.82) is 0 Å². The average Bonchev–Trinajstić information content (AvgIpc) is 3.53. The Bertz CT molecular complexity index is 2480. The summed E-state index contributed by atoms with van der Waals surface area (Å²) in [6.07, 6.45) is 0. The van der Waals surface area contributed by atoms with Gasteiger partial charge in [-0.25, -0.2) is 0 Å². The van der Waals surface area contributed by atoms with Crippen LogP contribution in [0.25, 0.3) is 33.4 Å². The van der Waals surface area contributed by atoms with Gasteiger partial charge in [-0.15, -0.1) is 0 Å². The number of fused-ring (bicyclic) bond motifs is 9. The van der Waals surface area contributed by atoms with E-state index in [-0.39, 0.29) is 5.41 Å². The van der Waals surface area contributed by atoms with Crippen LogP contribution in [0.1, 0.15) is 47.2 Å². The van der Waals surface area contributed by atoms with Crippen molar-refractivity contribution in [2.45, 2.75) is 24.7 Å². The molecule has 8 aromatic carbocycles. The third-order valence-corrected chi connectivity index (χ3v) is 11.8. The first kappa shape index (κ1) is 31.3. The van der Waals surface area contributed by atoms with E-state index in [4.69, 9.17) is 0 Å². The topological polar surface area (TPSA) is 3.24 Å². The molecular formula is C52H39N. The summed E-state index contributed by atoms with van der Waals surface area (Å²) in [4.78, 5) is 2.46. The summed E-state index contributed by atoms with van der Waals surface area (Å²) < 4.78 is 0. The van der Waals surface area contributed by atoms with Crippen molar-refractivity contribution in [2.24, 2.45) is 0 Å². The van der Waals surface area contributed by atoms with Crippen LogP contribution in [-0.2, 0) is 10.8 Å². The molecule has 0 bridgehead atoms. The van der Waals surface area contributed by atoms with E-state index in [0.29, 0.717) is 0 Å². The third kappa shape index (κ3) is 4.64. The first-order valence-corrected chi connectivity index (χ1v) is 18.6. The molecule has 1 spiro atoms. The molecule has 0 heterocycles. The van der Waals surface area contributed by atoms with Crippen LogP contribution in [-0.4, -0.2) is 0 Å². The van der Waals surface area contributed by atoms with Crippen molar-refractivity contribution in [2.75, 3.05) is 4.90 Å². The van der Waals surface area contributed by atoms with Gasteiger partial charge in [0.05, 0.1) is 11.1 Å². The summed E-state index contributed by atoms with van der Waals surface area (Å²) in [6.45, 7) is 4.77. The molecule has 2 aliphatic rings. The maximum Gasteiger partial charge on any atom is 0.0720 e. The number of anilines is 3. The Hall–Kier alpha value is -6.44. The first-order chi connectivity index (χ1) is 26.1. The molecule has 0 aromatic heterocycles. The molecule has 53 heavy (non-hydrogen) atoms. The number of nitrogens with zero attached hydrogens (tertiary/aromatic N) is 1. The number of hydrogen-bond donors (Lipinski definition) is 0. The molecule has 10 rings (SSSR count). The molecule has 1 nitrogen and oxygen atoms in total. The summed E-state index contributed by atoms with van der Waals surface area (Å²) in [5.74, 6) is 0. The molecule has 0 radical (unpaired) electrons. The number of benzene rings is 8. The highest BCUT2D eigenvalue weighted by atomic mass is 15.1. The van der Waals surface area contributed by atoms with Crippen LogP contribution in [0.2, 0.25) is 0 Å². The van der Waals surface area contributed by atoms with Crippen LogP contribution in [0, 0.1) is 0 Å². The minimum absolute atomic E-state index is 0.138. The van der Waals surface area contributed by atoms with Crippen molar-refractivity contribution in [3.8, 4) is 33.4 Å². The van der Waals surface area contributed by atoms with Gasteiger partial charge in [0.1, 0.15) is 0 Å². The number of rotatable bonds is 5. The molecule has 0 aliphatic heterocycles. The lowest BCUT2D eigenvalue weighted by Crippen LogP contribution is -2.40. The zero-order chi connectivity index (χ0) is 35.6. The van der Waals surface area contributed by atoms with Crippen molar-refractivity contribution in [3.05, 3.63) is 234 Å². The predicted octanol–water partition coefficient (Wildman–Crippen LogP) is 13.5. The maximum absolute atomic E-state index is 2.46. The molecule has 0 fully saturated rings. The fraction of sp³-hybridized carbons (Fsp3) is 0.0769. The zero-order valence-electron chi connectivity index (χ0n) is 30.0. The Balaban J connectivity index is 1.24. The SMILES string of the molecule is CC1(C)c2ccccc2C2(c3ccccc3-c3c(N(c4ccc(-c5ccccc5)cc4)c4ccc(-c5ccccc5)cc4)cccc32)c2ccccc21. The van der Waals surface area contributed by atoms with E-state index in [1.165, 1.54) is 72.4 Å². The summed E-state index contributed by atoms with van der Waals surface area (Å²) >= 11 is 0. The van der Waals surface area contributed by atoms with Crippen molar-refractivity contribution in [1.82, 2.24) is 0 Å². The van der Waals surface area contributed by atoms with Gasteiger partial charge in [-0.2, -0.15) is 0 Å². The van der Waals surface area contributed by atoms with Crippen molar-refractivity contribution >= 4 is 17.1 Å². The zero-order valence-corrected chi connectivity index (χ0v) is 30.0. The second-order valence-electron chi connectivity index (χ2n) is 14.9. The molecule has 0 atom stereocenters. The van der Waals surface area contributed by atoms with Gasteiger partial charge in [-0.05, 0) is 91.5 Å². The van der Waals surface area contributed by atoms with Crippen LogP contribution >= 0.6 is 0 Å². The molecule has 0 N–H and O–H groups in total. The van der Waals surface area contributed by atoms with Crippen LogP contribution in [0.3, 0.4) is 0 Å². The Morgan fingerprint density at radius 2 is 0.717 bits per heavy atom. The third-order valence-electron chi connectivity index (χ3n) is 11.8. The van der Waals surface area contributed by atoms with Crippen molar-refractivity contribution < 1.29 is 0 Å². The maximum atomic E-state index is 2.46. The van der Waals surface area contributed by atoms with Gasteiger partial charge in [-0.1, -0.05) is 184 Å². The largest absolute Gasteiger partial charge is 0.310 e. The lowest BCUT2D eigenvalue weighted by Gasteiger charge is -2.46. The van der Waals surface area contributed by atoms with E-state index in [1.54, 1.807) is 0 Å². The summed E-state index contributed by atoms with van der Waals surface area (Å²) in [5.41, 5.74) is 18.4. The van der Waals surface area contributed by atoms with Crippen LogP contribution in [0.15, 0.2) is 200 Å². The minimum atomic E-state index is -0.454. The molecule has 0 amide bonds. The predicted molar refractivity (Wildman–Crippen MR) is 221 cm³/mol. The quantitative estimate of drug-likeness (QED) is 0.175. The molecular weight excluding hydrogens is 639 g/mol. The van der Waals surface area contributed by atoms with E-state index in [1.807, 2.05) is 0 Å². The first-order valence-electron chi connectivity index (χ1n) is 18.6. The molecule has 8 aromatic rings. The molecule has 1 heteroatoms. The van der Waals surface area contributed by atoms with E-state index >= 15 is 0 Å². The van der Waals surface area contributed by atoms with E-state index in [2.05, 4.69) is 219 Å². The van der Waals surface area contributed by atoms with E-state index in [9.17, 15) is 0 Å². The second kappa shape index (κ2) is 12.1. The summed E-state index contributed by atoms with van der Waals surface area (Å²) in [7, 11) is 0. The highest BCUT2D eigenvalue weighted by molar-refractivity contribution is 5.98. The molecule has 252 valence electrons. The molecule has 0 unspecified atom stereocenters. The van der Waals surface area contributed by atoms with Gasteiger partial charge >= 0.3 is 0 Å². The lowest BCUT2D eigenvalue weighted by molar-refractivity contribution is 0.563. The minimum Gasteiger partial charge on any atom is -0.310 e. The monoisotopic (exact) mass is 677 g/mol. The molecule has 0 saturated heterocycles. The van der Waals surface area contributed by atoms with Gasteiger partial charge in [0.25, 0.3) is 0 Å². The Morgan fingerprint density at radius 1 is 0.321 bits per heavy atom. The average molecular weight is 678 g/mol. The fourth-order valence-corrected chi connectivity index (χ4v) is 9.37. The van der Waals surface area contributed by atoms with Crippen LogP contribution in [0.4, 0.5) is 17.1 Å². The van der Waals surface area contributed by atoms with E-state index in [0.717, 1.165) is 11.4 Å². The van der Waals surface area contributed by atoms with Crippen molar-refractivity contribution in [3.63, 3.8) is 0 Å². The molecule has 2 aliphatic carbocycles. The smallest absolute Gasteiger partial charge is 0.0720 e. The Kier molecular flexibility index (Phi) is 7.13. The Morgan fingerprint density at radius 3 is 1.23 bits per heavy atom.